The fourth-order valence-electron chi connectivity index (χ4n) is 2.87. The monoisotopic (exact) mass is 287 g/mol. The van der Waals surface area contributed by atoms with Crippen molar-refractivity contribution in [1.29, 1.82) is 5.26 Å². The lowest BCUT2D eigenvalue weighted by Crippen LogP contribution is -2.42. The van der Waals surface area contributed by atoms with Crippen LogP contribution in [0.25, 0.3) is 0 Å². The number of rotatable bonds is 3. The van der Waals surface area contributed by atoms with Crippen molar-refractivity contribution in [3.8, 4) is 6.07 Å². The number of hydrogen-bond donors (Lipinski definition) is 0. The van der Waals surface area contributed by atoms with Crippen molar-refractivity contribution in [2.24, 2.45) is 0 Å². The molecule has 5 heteroatoms. The highest BCUT2D eigenvalue weighted by molar-refractivity contribution is 5.76. The van der Waals surface area contributed by atoms with Crippen molar-refractivity contribution in [1.82, 2.24) is 9.47 Å². The van der Waals surface area contributed by atoms with Gasteiger partial charge in [-0.25, -0.2) is 0 Å². The van der Waals surface area contributed by atoms with Crippen molar-refractivity contribution in [3.63, 3.8) is 0 Å². The van der Waals surface area contributed by atoms with Gasteiger partial charge in [0.1, 0.15) is 18.2 Å². The minimum atomic E-state index is -0.386. The molecular weight excluding hydrogens is 266 g/mol. The van der Waals surface area contributed by atoms with E-state index in [1.807, 2.05) is 13.1 Å². The molecule has 112 valence electrons. The van der Waals surface area contributed by atoms with Crippen LogP contribution in [0, 0.1) is 18.3 Å². The largest absolute Gasteiger partial charge is 0.341 e. The first-order chi connectivity index (χ1) is 10.0. The van der Waals surface area contributed by atoms with Gasteiger partial charge in [0.25, 0.3) is 5.56 Å². The van der Waals surface area contributed by atoms with E-state index in [0.29, 0.717) is 5.69 Å². The highest BCUT2D eigenvalue weighted by Crippen LogP contribution is 2.21. The summed E-state index contributed by atoms with van der Waals surface area (Å²) in [5, 5.41) is 8.92. The van der Waals surface area contributed by atoms with Gasteiger partial charge in [0.2, 0.25) is 5.91 Å². The summed E-state index contributed by atoms with van der Waals surface area (Å²) in [5.74, 6) is -0.0674. The van der Waals surface area contributed by atoms with Crippen LogP contribution in [0.1, 0.15) is 43.4 Å². The Kier molecular flexibility index (Phi) is 4.79. The van der Waals surface area contributed by atoms with E-state index in [2.05, 4.69) is 0 Å². The lowest BCUT2D eigenvalue weighted by Gasteiger charge is -2.31. The normalized spacial score (nSPS) is 15.5. The lowest BCUT2D eigenvalue weighted by atomic mass is 9.94. The molecule has 0 spiro atoms. The van der Waals surface area contributed by atoms with Gasteiger partial charge in [-0.3, -0.25) is 9.59 Å². The van der Waals surface area contributed by atoms with E-state index >= 15 is 0 Å². The van der Waals surface area contributed by atoms with E-state index in [4.69, 9.17) is 5.26 Å². The van der Waals surface area contributed by atoms with Gasteiger partial charge in [-0.15, -0.1) is 0 Å². The molecule has 0 aromatic carbocycles. The topological polar surface area (TPSA) is 66.1 Å². The van der Waals surface area contributed by atoms with E-state index in [-0.39, 0.29) is 29.6 Å². The zero-order valence-corrected chi connectivity index (χ0v) is 12.6. The van der Waals surface area contributed by atoms with Crippen LogP contribution in [0.4, 0.5) is 0 Å². The maximum absolute atomic E-state index is 12.4. The van der Waals surface area contributed by atoms with Gasteiger partial charge in [0.05, 0.1) is 0 Å². The van der Waals surface area contributed by atoms with Crippen molar-refractivity contribution in [3.05, 3.63) is 33.7 Å². The van der Waals surface area contributed by atoms with Gasteiger partial charge in [-0.2, -0.15) is 5.26 Å². The Hall–Kier alpha value is -2.09. The van der Waals surface area contributed by atoms with Gasteiger partial charge in [0, 0.05) is 18.8 Å². The number of hydrogen-bond acceptors (Lipinski definition) is 3. The van der Waals surface area contributed by atoms with Gasteiger partial charge in [-0.05, 0) is 31.9 Å². The quantitative estimate of drug-likeness (QED) is 0.851. The molecule has 1 fully saturated rings. The summed E-state index contributed by atoms with van der Waals surface area (Å²) < 4.78 is 1.39. The van der Waals surface area contributed by atoms with E-state index in [0.717, 1.165) is 25.7 Å². The molecule has 1 aliphatic carbocycles. The second-order valence-electron chi connectivity index (χ2n) is 5.69. The van der Waals surface area contributed by atoms with Crippen molar-refractivity contribution < 1.29 is 4.79 Å². The molecule has 1 aliphatic rings. The molecule has 1 amide bonds. The Balaban J connectivity index is 2.16. The number of carbonyl (C=O) groups is 1. The Morgan fingerprint density at radius 2 is 2.05 bits per heavy atom. The average Bonchev–Trinajstić information content (AvgIpc) is 2.51. The average molecular weight is 287 g/mol. The number of nitriles is 1. The second kappa shape index (κ2) is 6.57. The maximum Gasteiger partial charge on any atom is 0.269 e. The summed E-state index contributed by atoms with van der Waals surface area (Å²) in [6, 6.07) is 5.36. The van der Waals surface area contributed by atoms with Crippen molar-refractivity contribution in [2.45, 2.75) is 51.6 Å². The molecule has 1 aromatic heterocycles. The first-order valence-corrected chi connectivity index (χ1v) is 7.41. The van der Waals surface area contributed by atoms with Crippen LogP contribution in [0.5, 0.6) is 0 Å². The number of nitrogens with zero attached hydrogens (tertiary/aromatic N) is 3. The summed E-state index contributed by atoms with van der Waals surface area (Å²) in [6.07, 6.45) is 5.63. The van der Waals surface area contributed by atoms with Crippen LogP contribution in [0.2, 0.25) is 0 Å². The molecule has 0 bridgehead atoms. The minimum Gasteiger partial charge on any atom is -0.341 e. The highest BCUT2D eigenvalue weighted by Gasteiger charge is 2.22. The Bertz CT molecular complexity index is 621. The van der Waals surface area contributed by atoms with E-state index in [1.165, 1.54) is 17.1 Å². The smallest absolute Gasteiger partial charge is 0.269 e. The zero-order valence-electron chi connectivity index (χ0n) is 12.6. The molecule has 0 unspecified atom stereocenters. The molecule has 2 rings (SSSR count). The zero-order chi connectivity index (χ0) is 15.4. The van der Waals surface area contributed by atoms with Gasteiger partial charge >= 0.3 is 0 Å². The van der Waals surface area contributed by atoms with Crippen LogP contribution in [-0.4, -0.2) is 28.5 Å². The molecule has 0 atom stereocenters. The minimum absolute atomic E-state index is 0.00713. The van der Waals surface area contributed by atoms with Crippen LogP contribution in [-0.2, 0) is 11.3 Å². The standard InChI is InChI=1S/C16H21N3O2/c1-12-8-9-13(10-17)16(21)19(12)11-15(20)18(2)14-6-4-3-5-7-14/h8-9,14H,3-7,11H2,1-2H3. The maximum atomic E-state index is 12.4. The van der Waals surface area contributed by atoms with Crippen molar-refractivity contribution >= 4 is 5.91 Å². The molecular formula is C16H21N3O2. The fraction of sp³-hybridized carbons (Fsp3) is 0.562. The first kappa shape index (κ1) is 15.3. The van der Waals surface area contributed by atoms with Crippen LogP contribution in [0.15, 0.2) is 16.9 Å². The van der Waals surface area contributed by atoms with Crippen LogP contribution in [0.3, 0.4) is 0 Å². The third-order valence-corrected chi connectivity index (χ3v) is 4.32. The Labute approximate surface area is 124 Å². The SMILES string of the molecule is Cc1ccc(C#N)c(=O)n1CC(=O)N(C)C1CCCCC1. The molecule has 0 radical (unpaired) electrons. The molecule has 0 N–H and O–H groups in total. The highest BCUT2D eigenvalue weighted by atomic mass is 16.2. The number of amides is 1. The number of aromatic nitrogens is 1. The molecule has 1 heterocycles. The first-order valence-electron chi connectivity index (χ1n) is 7.41. The van der Waals surface area contributed by atoms with Gasteiger partial charge in [0.15, 0.2) is 0 Å². The number of carbonyl (C=O) groups excluding carboxylic acids is 1. The lowest BCUT2D eigenvalue weighted by molar-refractivity contribution is -0.133. The number of aryl methyl sites for hydroxylation is 1. The molecule has 21 heavy (non-hydrogen) atoms. The van der Waals surface area contributed by atoms with Crippen LogP contribution >= 0.6 is 0 Å². The Morgan fingerprint density at radius 3 is 2.67 bits per heavy atom. The predicted octanol–water partition coefficient (Wildman–Crippen LogP) is 1.82. The van der Waals surface area contributed by atoms with Gasteiger partial charge < -0.3 is 9.47 Å². The summed E-state index contributed by atoms with van der Waals surface area (Å²) in [4.78, 5) is 26.3. The summed E-state index contributed by atoms with van der Waals surface area (Å²) in [5.41, 5.74) is 0.390. The summed E-state index contributed by atoms with van der Waals surface area (Å²) in [7, 11) is 1.81. The molecule has 1 aromatic rings. The third-order valence-electron chi connectivity index (χ3n) is 4.32. The van der Waals surface area contributed by atoms with E-state index in [1.54, 1.807) is 17.9 Å². The van der Waals surface area contributed by atoms with E-state index < -0.39 is 0 Å². The van der Waals surface area contributed by atoms with Crippen LogP contribution < -0.4 is 5.56 Å². The Morgan fingerprint density at radius 1 is 1.38 bits per heavy atom. The molecule has 0 aliphatic heterocycles. The number of pyridine rings is 1. The molecule has 5 nitrogen and oxygen atoms in total. The molecule has 1 saturated carbocycles. The summed E-state index contributed by atoms with van der Waals surface area (Å²) >= 11 is 0. The van der Waals surface area contributed by atoms with E-state index in [9.17, 15) is 9.59 Å². The number of likely N-dealkylation sites (N-methyl/N-ethyl adjacent to an activating group) is 1. The van der Waals surface area contributed by atoms with Crippen molar-refractivity contribution in [2.75, 3.05) is 7.05 Å². The summed E-state index contributed by atoms with van der Waals surface area (Å²) in [6.45, 7) is 1.78. The van der Waals surface area contributed by atoms with Gasteiger partial charge in [-0.1, -0.05) is 19.3 Å². The second-order valence-corrected chi connectivity index (χ2v) is 5.69. The molecule has 0 saturated heterocycles. The fourth-order valence-corrected chi connectivity index (χ4v) is 2.87. The third kappa shape index (κ3) is 3.33. The predicted molar refractivity (Wildman–Crippen MR) is 79.8 cm³/mol.